The zero-order valence-corrected chi connectivity index (χ0v) is 15.3. The topological polar surface area (TPSA) is 78.5 Å². The molecule has 1 fully saturated rings. The van der Waals surface area contributed by atoms with Gasteiger partial charge in [0.05, 0.1) is 0 Å². The number of nitrogens with one attached hydrogen (secondary N) is 2. The number of benzene rings is 2. The van der Waals surface area contributed by atoms with Crippen LogP contribution in [-0.4, -0.2) is 29.3 Å². The minimum Gasteiger partial charge on any atom is -0.324 e. The third-order valence-electron chi connectivity index (χ3n) is 4.67. The van der Waals surface area contributed by atoms with E-state index >= 15 is 0 Å². The molecular formula is C20H20FN3O3. The Hall–Kier alpha value is -3.22. The van der Waals surface area contributed by atoms with Crippen molar-refractivity contribution in [2.45, 2.75) is 26.3 Å². The quantitative estimate of drug-likeness (QED) is 0.814. The lowest BCUT2D eigenvalue weighted by molar-refractivity contribution is -0.133. The number of imide groups is 1. The number of carbonyl (C=O) groups is 3. The number of hydrogen-bond donors (Lipinski definition) is 2. The molecule has 140 valence electrons. The Kier molecular flexibility index (Phi) is 4.70. The predicted octanol–water partition coefficient (Wildman–Crippen LogP) is 2.85. The normalized spacial score (nSPS) is 19.2. The predicted molar refractivity (Wildman–Crippen MR) is 98.5 cm³/mol. The lowest BCUT2D eigenvalue weighted by atomic mass is 9.91. The van der Waals surface area contributed by atoms with E-state index in [-0.39, 0.29) is 0 Å². The summed E-state index contributed by atoms with van der Waals surface area (Å²) in [5.74, 6) is -1.45. The van der Waals surface area contributed by atoms with Gasteiger partial charge in [-0.3, -0.25) is 14.5 Å². The van der Waals surface area contributed by atoms with Crippen LogP contribution < -0.4 is 10.6 Å². The van der Waals surface area contributed by atoms with Crippen molar-refractivity contribution in [2.24, 2.45) is 0 Å². The molecule has 2 aromatic rings. The molecule has 0 radical (unpaired) electrons. The van der Waals surface area contributed by atoms with E-state index in [0.29, 0.717) is 16.8 Å². The summed E-state index contributed by atoms with van der Waals surface area (Å²) >= 11 is 0. The highest BCUT2D eigenvalue weighted by Gasteiger charge is 2.49. The molecule has 1 aliphatic rings. The number of aryl methyl sites for hydroxylation is 2. The van der Waals surface area contributed by atoms with Gasteiger partial charge in [0.25, 0.3) is 5.91 Å². The highest BCUT2D eigenvalue weighted by molar-refractivity contribution is 6.10. The highest BCUT2D eigenvalue weighted by Crippen LogP contribution is 2.29. The fourth-order valence-electron chi connectivity index (χ4n) is 3.02. The molecule has 2 N–H and O–H groups in total. The third-order valence-corrected chi connectivity index (χ3v) is 4.67. The Morgan fingerprint density at radius 3 is 2.44 bits per heavy atom. The maximum atomic E-state index is 13.2. The van der Waals surface area contributed by atoms with Crippen LogP contribution in [0.2, 0.25) is 0 Å². The maximum Gasteiger partial charge on any atom is 0.325 e. The van der Waals surface area contributed by atoms with Gasteiger partial charge in [0.1, 0.15) is 17.9 Å². The molecule has 1 aliphatic heterocycles. The fraction of sp³-hybridized carbons (Fsp3) is 0.250. The van der Waals surface area contributed by atoms with Crippen LogP contribution in [0, 0.1) is 19.7 Å². The van der Waals surface area contributed by atoms with Crippen molar-refractivity contribution in [3.05, 3.63) is 65.0 Å². The van der Waals surface area contributed by atoms with Crippen molar-refractivity contribution >= 4 is 23.5 Å². The number of hydrogen-bond acceptors (Lipinski definition) is 3. The summed E-state index contributed by atoms with van der Waals surface area (Å²) < 4.78 is 13.2. The van der Waals surface area contributed by atoms with E-state index in [1.807, 2.05) is 19.1 Å². The molecule has 2 aromatic carbocycles. The minimum absolute atomic E-state index is 0.409. The lowest BCUT2D eigenvalue weighted by Gasteiger charge is -2.22. The van der Waals surface area contributed by atoms with Gasteiger partial charge < -0.3 is 10.6 Å². The average Bonchev–Trinajstić information content (AvgIpc) is 2.82. The molecule has 27 heavy (non-hydrogen) atoms. The van der Waals surface area contributed by atoms with E-state index in [0.717, 1.165) is 10.5 Å². The summed E-state index contributed by atoms with van der Waals surface area (Å²) in [5, 5.41) is 5.26. The molecule has 4 amide bonds. The van der Waals surface area contributed by atoms with E-state index in [4.69, 9.17) is 0 Å². The molecule has 0 aliphatic carbocycles. The van der Waals surface area contributed by atoms with E-state index in [1.54, 1.807) is 26.0 Å². The molecule has 6 nitrogen and oxygen atoms in total. The molecule has 0 aromatic heterocycles. The molecule has 1 heterocycles. The van der Waals surface area contributed by atoms with Gasteiger partial charge in [-0.1, -0.05) is 29.8 Å². The van der Waals surface area contributed by atoms with Gasteiger partial charge in [0.15, 0.2) is 0 Å². The summed E-state index contributed by atoms with van der Waals surface area (Å²) in [6.07, 6.45) is 0. The maximum absolute atomic E-state index is 13.2. The number of urea groups is 1. The van der Waals surface area contributed by atoms with Crippen molar-refractivity contribution in [3.8, 4) is 0 Å². The summed E-state index contributed by atoms with van der Waals surface area (Å²) in [7, 11) is 0. The molecule has 0 spiro atoms. The molecule has 7 heteroatoms. The minimum atomic E-state index is -1.23. The number of rotatable bonds is 4. The SMILES string of the molecule is Cc1ccc(C2(C)NC(=O)N(CC(=O)Nc3ccc(F)cc3C)C2=O)cc1. The first-order valence-corrected chi connectivity index (χ1v) is 8.48. The van der Waals surface area contributed by atoms with Crippen LogP contribution in [0.5, 0.6) is 0 Å². The van der Waals surface area contributed by atoms with Gasteiger partial charge in [-0.25, -0.2) is 9.18 Å². The van der Waals surface area contributed by atoms with E-state index < -0.39 is 35.7 Å². The summed E-state index contributed by atoms with van der Waals surface area (Å²) in [4.78, 5) is 38.3. The van der Waals surface area contributed by atoms with Gasteiger partial charge in [-0.05, 0) is 50.1 Å². The van der Waals surface area contributed by atoms with Gasteiger partial charge in [0, 0.05) is 5.69 Å². The second-order valence-electron chi connectivity index (χ2n) is 6.82. The van der Waals surface area contributed by atoms with Crippen molar-refractivity contribution in [3.63, 3.8) is 0 Å². The molecule has 1 atom stereocenters. The van der Waals surface area contributed by atoms with Gasteiger partial charge in [-0.15, -0.1) is 0 Å². The van der Waals surface area contributed by atoms with Crippen molar-refractivity contribution < 1.29 is 18.8 Å². The van der Waals surface area contributed by atoms with Gasteiger partial charge >= 0.3 is 6.03 Å². The van der Waals surface area contributed by atoms with Crippen molar-refractivity contribution in [1.29, 1.82) is 0 Å². The number of nitrogens with zero attached hydrogens (tertiary/aromatic N) is 1. The summed E-state index contributed by atoms with van der Waals surface area (Å²) in [6.45, 7) is 4.76. The lowest BCUT2D eigenvalue weighted by Crippen LogP contribution is -2.42. The summed E-state index contributed by atoms with van der Waals surface area (Å²) in [5.41, 5.74) is 1.42. The third kappa shape index (κ3) is 3.53. The van der Waals surface area contributed by atoms with Gasteiger partial charge in [0.2, 0.25) is 5.91 Å². The molecule has 0 bridgehead atoms. The number of halogens is 1. The smallest absolute Gasteiger partial charge is 0.324 e. The molecule has 0 saturated carbocycles. The molecular weight excluding hydrogens is 349 g/mol. The van der Waals surface area contributed by atoms with E-state index in [1.165, 1.54) is 18.2 Å². The Balaban J connectivity index is 1.75. The monoisotopic (exact) mass is 369 g/mol. The number of amides is 4. The van der Waals surface area contributed by atoms with Gasteiger partial charge in [-0.2, -0.15) is 0 Å². The first-order chi connectivity index (χ1) is 12.7. The number of carbonyl (C=O) groups excluding carboxylic acids is 3. The number of anilines is 1. The Labute approximate surface area is 156 Å². The van der Waals surface area contributed by atoms with Crippen LogP contribution in [0.25, 0.3) is 0 Å². The fourth-order valence-corrected chi connectivity index (χ4v) is 3.02. The van der Waals surface area contributed by atoms with Crippen LogP contribution in [0.1, 0.15) is 23.6 Å². The average molecular weight is 369 g/mol. The van der Waals surface area contributed by atoms with Crippen LogP contribution in [0.3, 0.4) is 0 Å². The van der Waals surface area contributed by atoms with Crippen LogP contribution in [-0.2, 0) is 15.1 Å². The van der Waals surface area contributed by atoms with Crippen molar-refractivity contribution in [1.82, 2.24) is 10.2 Å². The molecule has 1 saturated heterocycles. The van der Waals surface area contributed by atoms with E-state index in [9.17, 15) is 18.8 Å². The van der Waals surface area contributed by atoms with Crippen molar-refractivity contribution in [2.75, 3.05) is 11.9 Å². The zero-order chi connectivity index (χ0) is 19.8. The Morgan fingerprint density at radius 2 is 1.81 bits per heavy atom. The standard InChI is InChI=1S/C20H20FN3O3/c1-12-4-6-14(7-5-12)20(3)18(26)24(19(27)23-20)11-17(25)22-16-9-8-15(21)10-13(16)2/h4-10H,11H2,1-3H3,(H,22,25)(H,23,27). The highest BCUT2D eigenvalue weighted by atomic mass is 19.1. The van der Waals surface area contributed by atoms with E-state index in [2.05, 4.69) is 10.6 Å². The zero-order valence-electron chi connectivity index (χ0n) is 15.3. The summed E-state index contributed by atoms with van der Waals surface area (Å²) in [6, 6.07) is 10.6. The second kappa shape index (κ2) is 6.83. The van der Waals surface area contributed by atoms with Crippen LogP contribution in [0.4, 0.5) is 14.9 Å². The molecule has 1 unspecified atom stereocenters. The Morgan fingerprint density at radius 1 is 1.15 bits per heavy atom. The Bertz CT molecular complexity index is 927. The van der Waals surface area contributed by atoms with Crippen LogP contribution in [0.15, 0.2) is 42.5 Å². The van der Waals surface area contributed by atoms with Crippen LogP contribution >= 0.6 is 0 Å². The largest absolute Gasteiger partial charge is 0.325 e. The first kappa shape index (κ1) is 18.6. The second-order valence-corrected chi connectivity index (χ2v) is 6.82. The first-order valence-electron chi connectivity index (χ1n) is 8.48. The molecule has 3 rings (SSSR count).